The molecule has 2 amide bonds. The van der Waals surface area contributed by atoms with Crippen molar-refractivity contribution in [3.8, 4) is 11.1 Å². The van der Waals surface area contributed by atoms with Crippen LogP contribution < -0.4 is 10.6 Å². The van der Waals surface area contributed by atoms with E-state index in [1.807, 2.05) is 32.0 Å². The van der Waals surface area contributed by atoms with E-state index in [1.165, 1.54) is 6.07 Å². The summed E-state index contributed by atoms with van der Waals surface area (Å²) in [5.41, 5.74) is 5.80. The Balaban J connectivity index is 1.33. The maximum Gasteiger partial charge on any atom is 0.276 e. The Bertz CT molecular complexity index is 1530. The molecule has 2 aliphatic carbocycles. The molecule has 1 spiro atoms. The van der Waals surface area contributed by atoms with Crippen molar-refractivity contribution in [2.45, 2.75) is 52.0 Å². The second kappa shape index (κ2) is 8.90. The van der Waals surface area contributed by atoms with Gasteiger partial charge in [0.25, 0.3) is 5.91 Å². The van der Waals surface area contributed by atoms with Gasteiger partial charge in [0.15, 0.2) is 5.69 Å². The highest BCUT2D eigenvalue weighted by molar-refractivity contribution is 6.01. The smallest absolute Gasteiger partial charge is 0.276 e. The van der Waals surface area contributed by atoms with Crippen molar-refractivity contribution < 1.29 is 18.6 Å². The van der Waals surface area contributed by atoms with Gasteiger partial charge in [-0.15, -0.1) is 0 Å². The molecule has 6 rings (SSSR count). The van der Waals surface area contributed by atoms with Gasteiger partial charge in [0, 0.05) is 22.9 Å². The zero-order valence-electron chi connectivity index (χ0n) is 21.3. The molecule has 1 fully saturated rings. The zero-order chi connectivity index (χ0) is 26.6. The molecule has 0 radical (unpaired) electrons. The van der Waals surface area contributed by atoms with Crippen LogP contribution in [0, 0.1) is 32.0 Å². The quantitative estimate of drug-likeness (QED) is 0.351. The average molecular weight is 515 g/mol. The van der Waals surface area contributed by atoms with Crippen LogP contribution in [0.3, 0.4) is 0 Å². The van der Waals surface area contributed by atoms with Gasteiger partial charge in [0.05, 0.1) is 5.69 Å². The molecule has 1 unspecified atom stereocenters. The minimum atomic E-state index is -1.03. The van der Waals surface area contributed by atoms with Crippen LogP contribution in [0.5, 0.6) is 0 Å². The number of halogens is 1. The van der Waals surface area contributed by atoms with Crippen LogP contribution >= 0.6 is 0 Å². The summed E-state index contributed by atoms with van der Waals surface area (Å²) in [6.45, 7) is 5.48. The van der Waals surface area contributed by atoms with E-state index in [0.717, 1.165) is 40.9 Å². The fourth-order valence-electron chi connectivity index (χ4n) is 5.91. The van der Waals surface area contributed by atoms with Gasteiger partial charge in [-0.1, -0.05) is 29.4 Å². The Labute approximate surface area is 218 Å². The molecule has 0 saturated heterocycles. The van der Waals surface area contributed by atoms with Crippen LogP contribution in [-0.2, 0) is 11.2 Å². The number of aromatic nitrogens is 4. The Morgan fingerprint density at radius 3 is 2.47 bits per heavy atom. The molecule has 2 aromatic heterocycles. The van der Waals surface area contributed by atoms with Crippen molar-refractivity contribution in [2.24, 2.45) is 5.41 Å². The summed E-state index contributed by atoms with van der Waals surface area (Å²) in [6, 6.07) is 11.4. The van der Waals surface area contributed by atoms with Crippen LogP contribution in [-0.4, -0.2) is 38.4 Å². The molecule has 0 bridgehead atoms. The molecule has 1 saturated carbocycles. The lowest BCUT2D eigenvalue weighted by Crippen LogP contribution is -2.49. The van der Waals surface area contributed by atoms with Gasteiger partial charge in [-0.25, -0.2) is 9.02 Å². The molecule has 2 aliphatic rings. The van der Waals surface area contributed by atoms with Crippen molar-refractivity contribution in [1.29, 1.82) is 0 Å². The summed E-state index contributed by atoms with van der Waals surface area (Å²) in [5, 5.41) is 20.4. The maximum absolute atomic E-state index is 15.2. The van der Waals surface area contributed by atoms with E-state index in [4.69, 9.17) is 0 Å². The Morgan fingerprint density at radius 2 is 1.84 bits per heavy atom. The topological polar surface area (TPSA) is 126 Å². The number of hydrogen-bond donors (Lipinski definition) is 3. The van der Waals surface area contributed by atoms with Crippen molar-refractivity contribution in [1.82, 2.24) is 25.8 Å². The summed E-state index contributed by atoms with van der Waals surface area (Å²) in [4.78, 5) is 27.0. The number of benzene rings is 2. The minimum Gasteiger partial charge on any atom is -0.338 e. The van der Waals surface area contributed by atoms with Gasteiger partial charge in [0.1, 0.15) is 17.6 Å². The van der Waals surface area contributed by atoms with Gasteiger partial charge in [-0.2, -0.15) is 5.10 Å². The number of fused-ring (bicyclic) bond motifs is 1. The fourth-order valence-corrected chi connectivity index (χ4v) is 5.91. The van der Waals surface area contributed by atoms with Crippen LogP contribution in [0.4, 0.5) is 10.1 Å². The highest BCUT2D eigenvalue weighted by Gasteiger charge is 2.59. The number of aromatic amines is 1. The predicted octanol–water partition coefficient (Wildman–Crippen LogP) is 4.38. The average Bonchev–Trinajstić information content (AvgIpc) is 3.20. The maximum atomic E-state index is 15.2. The first-order valence-electron chi connectivity index (χ1n) is 12.6. The molecule has 10 heteroatoms. The summed E-state index contributed by atoms with van der Waals surface area (Å²) in [5.74, 6) is -1.90. The van der Waals surface area contributed by atoms with E-state index in [0.29, 0.717) is 23.4 Å². The van der Waals surface area contributed by atoms with Crippen LogP contribution in [0.2, 0.25) is 0 Å². The molecule has 0 aliphatic heterocycles. The molecule has 2 aromatic carbocycles. The number of anilines is 1. The highest BCUT2D eigenvalue weighted by atomic mass is 19.1. The van der Waals surface area contributed by atoms with Gasteiger partial charge >= 0.3 is 0 Å². The number of aryl methyl sites for hydroxylation is 3. The normalized spacial score (nSPS) is 17.7. The summed E-state index contributed by atoms with van der Waals surface area (Å²) in [7, 11) is 0. The van der Waals surface area contributed by atoms with E-state index in [2.05, 4.69) is 35.8 Å². The van der Waals surface area contributed by atoms with Crippen LogP contribution in [0.25, 0.3) is 11.1 Å². The molecular formula is C28H27FN6O3. The van der Waals surface area contributed by atoms with Gasteiger partial charge in [0.2, 0.25) is 5.91 Å². The SMILES string of the molecule is Cc1nonc1C(=O)N[C@H](C(=O)Nc1ccc(-c2c(C)n[nH]c2C)cc1)C1c2c(F)cccc2CC12CC2. The second-order valence-corrected chi connectivity index (χ2v) is 10.4. The van der Waals surface area contributed by atoms with Crippen molar-refractivity contribution in [3.63, 3.8) is 0 Å². The third kappa shape index (κ3) is 3.96. The monoisotopic (exact) mass is 514 g/mol. The first kappa shape index (κ1) is 24.0. The lowest BCUT2D eigenvalue weighted by molar-refractivity contribution is -0.118. The Hall–Kier alpha value is -4.34. The number of nitrogens with zero attached hydrogens (tertiary/aromatic N) is 3. The molecule has 2 atom stereocenters. The van der Waals surface area contributed by atoms with E-state index < -0.39 is 23.8 Å². The number of amides is 2. The molecule has 3 N–H and O–H groups in total. The van der Waals surface area contributed by atoms with Crippen molar-refractivity contribution in [3.05, 3.63) is 82.2 Å². The highest BCUT2D eigenvalue weighted by Crippen LogP contribution is 2.64. The first-order chi connectivity index (χ1) is 18.3. The molecule has 2 heterocycles. The number of carbonyl (C=O) groups is 2. The van der Waals surface area contributed by atoms with E-state index in [1.54, 1.807) is 25.1 Å². The Kier molecular flexibility index (Phi) is 5.62. The largest absolute Gasteiger partial charge is 0.338 e. The predicted molar refractivity (Wildman–Crippen MR) is 137 cm³/mol. The van der Waals surface area contributed by atoms with Crippen molar-refractivity contribution in [2.75, 3.05) is 5.32 Å². The molecule has 38 heavy (non-hydrogen) atoms. The van der Waals surface area contributed by atoms with Gasteiger partial charge in [-0.05, 0) is 85.5 Å². The first-order valence-corrected chi connectivity index (χ1v) is 12.6. The summed E-state index contributed by atoms with van der Waals surface area (Å²) < 4.78 is 19.9. The molecular weight excluding hydrogens is 487 g/mol. The number of carbonyl (C=O) groups excluding carboxylic acids is 2. The lowest BCUT2D eigenvalue weighted by atomic mass is 9.82. The number of rotatable bonds is 6. The van der Waals surface area contributed by atoms with Gasteiger partial charge < -0.3 is 10.6 Å². The van der Waals surface area contributed by atoms with Crippen LogP contribution in [0.1, 0.15) is 57.5 Å². The summed E-state index contributed by atoms with van der Waals surface area (Å²) >= 11 is 0. The molecule has 9 nitrogen and oxygen atoms in total. The number of nitrogens with one attached hydrogen (secondary N) is 3. The van der Waals surface area contributed by atoms with E-state index in [9.17, 15) is 9.59 Å². The second-order valence-electron chi connectivity index (χ2n) is 10.4. The lowest BCUT2D eigenvalue weighted by Gasteiger charge is -2.29. The summed E-state index contributed by atoms with van der Waals surface area (Å²) in [6.07, 6.45) is 2.38. The third-order valence-corrected chi connectivity index (χ3v) is 7.89. The van der Waals surface area contributed by atoms with Crippen molar-refractivity contribution >= 4 is 17.5 Å². The molecule has 194 valence electrons. The fraction of sp³-hybridized carbons (Fsp3) is 0.321. The van der Waals surface area contributed by atoms with E-state index in [-0.39, 0.29) is 16.9 Å². The number of hydrogen-bond acceptors (Lipinski definition) is 6. The zero-order valence-corrected chi connectivity index (χ0v) is 21.3. The third-order valence-electron chi connectivity index (χ3n) is 7.89. The number of H-pyrrole nitrogens is 1. The standard InChI is InChI=1S/C28H27FN6O3/c1-14-21(15(2)33-32-14)17-7-9-19(10-8-17)30-27(37)25(31-26(36)24-16(3)34-38-35-24)23-22-18(5-4-6-20(22)29)13-28(23)11-12-28/h4-10,23,25H,11-13H2,1-3H3,(H,30,37)(H,31,36)(H,32,33)/t23?,25-/m0/s1. The van der Waals surface area contributed by atoms with Crippen LogP contribution in [0.15, 0.2) is 47.1 Å². The van der Waals surface area contributed by atoms with Gasteiger partial charge in [-0.3, -0.25) is 14.7 Å². The Morgan fingerprint density at radius 1 is 1.08 bits per heavy atom. The minimum absolute atomic E-state index is 0.00499. The van der Waals surface area contributed by atoms with E-state index >= 15 is 4.39 Å². The molecule has 4 aromatic rings.